The van der Waals surface area contributed by atoms with Gasteiger partial charge >= 0.3 is 0 Å². The summed E-state index contributed by atoms with van der Waals surface area (Å²) in [6, 6.07) is 9.50. The minimum absolute atomic E-state index is 0.186. The first-order valence-electron chi connectivity index (χ1n) is 11.8. The summed E-state index contributed by atoms with van der Waals surface area (Å²) in [7, 11) is 1.65. The predicted octanol–water partition coefficient (Wildman–Crippen LogP) is 4.11. The molecule has 2 bridgehead atoms. The number of aryl methyl sites for hydroxylation is 1. The van der Waals surface area contributed by atoms with Gasteiger partial charge in [0.1, 0.15) is 11.3 Å². The Kier molecular flexibility index (Phi) is 5.23. The van der Waals surface area contributed by atoms with Crippen molar-refractivity contribution in [2.75, 3.05) is 13.7 Å². The van der Waals surface area contributed by atoms with Gasteiger partial charge in [-0.1, -0.05) is 31.2 Å². The fourth-order valence-corrected chi connectivity index (χ4v) is 6.24. The van der Waals surface area contributed by atoms with E-state index < -0.39 is 0 Å². The molecule has 1 aromatic carbocycles. The molecule has 1 aromatic heterocycles. The maximum absolute atomic E-state index is 13.2. The van der Waals surface area contributed by atoms with Crippen molar-refractivity contribution in [3.05, 3.63) is 75.2 Å². The zero-order valence-corrected chi connectivity index (χ0v) is 19.2. The Hall–Kier alpha value is -2.82. The van der Waals surface area contributed by atoms with Crippen molar-refractivity contribution >= 4 is 5.91 Å². The SMILES string of the molecule is CCc1c(C(=O)NC[C@@H]2C[C@H]3C=C[C@H]2C32CC2)c(=O)cc(C)n1Cc1ccc(OC)cc1. The van der Waals surface area contributed by atoms with Crippen molar-refractivity contribution in [2.45, 2.75) is 46.1 Å². The fourth-order valence-electron chi connectivity index (χ4n) is 6.24. The highest BCUT2D eigenvalue weighted by molar-refractivity contribution is 5.95. The average molecular weight is 433 g/mol. The third-order valence-electron chi connectivity index (χ3n) is 8.06. The summed E-state index contributed by atoms with van der Waals surface area (Å²) in [6.45, 7) is 5.20. The molecule has 1 heterocycles. The summed E-state index contributed by atoms with van der Waals surface area (Å²) in [6.07, 6.45) is 9.21. The van der Waals surface area contributed by atoms with Crippen molar-refractivity contribution in [2.24, 2.45) is 23.2 Å². The second-order valence-electron chi connectivity index (χ2n) is 9.72. The first kappa shape index (κ1) is 21.0. The molecule has 2 saturated carbocycles. The minimum Gasteiger partial charge on any atom is -0.497 e. The maximum Gasteiger partial charge on any atom is 0.257 e. The average Bonchev–Trinajstić information content (AvgIpc) is 3.46. The van der Waals surface area contributed by atoms with E-state index in [0.717, 1.165) is 29.1 Å². The molecule has 3 aliphatic carbocycles. The summed E-state index contributed by atoms with van der Waals surface area (Å²) in [5.74, 6) is 2.37. The number of amides is 1. The molecule has 3 atom stereocenters. The van der Waals surface area contributed by atoms with Gasteiger partial charge in [0, 0.05) is 30.5 Å². The van der Waals surface area contributed by atoms with Crippen LogP contribution < -0.4 is 15.5 Å². The molecular formula is C27H32N2O3. The summed E-state index contributed by atoms with van der Waals surface area (Å²) < 4.78 is 7.35. The van der Waals surface area contributed by atoms with Gasteiger partial charge in [0.2, 0.25) is 0 Å². The lowest BCUT2D eigenvalue weighted by molar-refractivity contribution is 0.0941. The third-order valence-corrected chi connectivity index (χ3v) is 8.06. The van der Waals surface area contributed by atoms with Crippen LogP contribution in [0.5, 0.6) is 5.75 Å². The van der Waals surface area contributed by atoms with E-state index in [-0.39, 0.29) is 11.3 Å². The van der Waals surface area contributed by atoms with Gasteiger partial charge in [0.15, 0.2) is 5.43 Å². The molecule has 0 radical (unpaired) electrons. The quantitative estimate of drug-likeness (QED) is 0.670. The molecule has 5 nitrogen and oxygen atoms in total. The maximum atomic E-state index is 13.2. The van der Waals surface area contributed by atoms with E-state index in [9.17, 15) is 9.59 Å². The number of methoxy groups -OCH3 is 1. The topological polar surface area (TPSA) is 60.3 Å². The Morgan fingerprint density at radius 3 is 2.59 bits per heavy atom. The van der Waals surface area contributed by atoms with Gasteiger partial charge in [0.25, 0.3) is 5.91 Å². The molecule has 1 amide bonds. The van der Waals surface area contributed by atoms with Gasteiger partial charge in [-0.05, 0) is 73.5 Å². The van der Waals surface area contributed by atoms with Crippen LogP contribution in [0.2, 0.25) is 0 Å². The number of nitrogens with zero attached hydrogens (tertiary/aromatic N) is 1. The van der Waals surface area contributed by atoms with Crippen molar-refractivity contribution in [1.29, 1.82) is 0 Å². The standard InChI is InChI=1S/C27H32N2O3/c1-4-23-25(26(31)28-15-19-14-20-7-10-22(19)27(20)11-12-27)24(30)13-17(2)29(23)16-18-5-8-21(32-3)9-6-18/h5-10,13,19-20,22H,4,11-12,14-16H2,1-3H3,(H,28,31)/t19-,20+,22+/m0/s1. The summed E-state index contributed by atoms with van der Waals surface area (Å²) >= 11 is 0. The van der Waals surface area contributed by atoms with Crippen molar-refractivity contribution < 1.29 is 9.53 Å². The van der Waals surface area contributed by atoms with E-state index in [1.807, 2.05) is 38.1 Å². The van der Waals surface area contributed by atoms with Crippen molar-refractivity contribution in [3.63, 3.8) is 0 Å². The molecule has 3 aliphatic rings. The number of allylic oxidation sites excluding steroid dienone is 2. The molecule has 5 heteroatoms. The van der Waals surface area contributed by atoms with Gasteiger partial charge < -0.3 is 14.6 Å². The Labute approximate surface area is 189 Å². The molecule has 0 saturated heterocycles. The highest BCUT2D eigenvalue weighted by Crippen LogP contribution is 2.69. The van der Waals surface area contributed by atoms with Crippen LogP contribution >= 0.6 is 0 Å². The van der Waals surface area contributed by atoms with Gasteiger partial charge in [0.05, 0.1) is 7.11 Å². The number of hydrogen-bond donors (Lipinski definition) is 1. The highest BCUT2D eigenvalue weighted by atomic mass is 16.5. The smallest absolute Gasteiger partial charge is 0.257 e. The second-order valence-corrected chi connectivity index (χ2v) is 9.72. The first-order valence-corrected chi connectivity index (χ1v) is 11.8. The molecule has 5 rings (SSSR count). The molecule has 2 aromatic rings. The lowest BCUT2D eigenvalue weighted by Gasteiger charge is -2.22. The normalized spacial score (nSPS) is 24.2. The number of benzene rings is 1. The lowest BCUT2D eigenvalue weighted by Crippen LogP contribution is -2.36. The fraction of sp³-hybridized carbons (Fsp3) is 0.481. The number of nitrogens with one attached hydrogen (secondary N) is 1. The molecule has 1 N–H and O–H groups in total. The van der Waals surface area contributed by atoms with Gasteiger partial charge in [-0.3, -0.25) is 9.59 Å². The van der Waals surface area contributed by atoms with Crippen LogP contribution in [0.4, 0.5) is 0 Å². The second kappa shape index (κ2) is 7.95. The molecule has 2 fully saturated rings. The summed E-state index contributed by atoms with van der Waals surface area (Å²) in [4.78, 5) is 26.1. The Balaban J connectivity index is 1.36. The van der Waals surface area contributed by atoms with Crippen LogP contribution in [0.1, 0.15) is 53.5 Å². The molecular weight excluding hydrogens is 400 g/mol. The van der Waals surface area contributed by atoms with Crippen LogP contribution in [-0.2, 0) is 13.0 Å². The molecule has 32 heavy (non-hydrogen) atoms. The van der Waals surface area contributed by atoms with E-state index in [0.29, 0.717) is 48.2 Å². The zero-order chi connectivity index (χ0) is 22.5. The number of aromatic nitrogens is 1. The van der Waals surface area contributed by atoms with Gasteiger partial charge in [-0.25, -0.2) is 0 Å². The van der Waals surface area contributed by atoms with Gasteiger partial charge in [-0.2, -0.15) is 0 Å². The molecule has 1 spiro atoms. The Morgan fingerprint density at radius 1 is 1.22 bits per heavy atom. The van der Waals surface area contributed by atoms with Gasteiger partial charge in [-0.15, -0.1) is 0 Å². The van der Waals surface area contributed by atoms with Crippen LogP contribution in [0.3, 0.4) is 0 Å². The third kappa shape index (κ3) is 3.39. The minimum atomic E-state index is -0.230. The Bertz CT molecular complexity index is 1120. The summed E-state index contributed by atoms with van der Waals surface area (Å²) in [5.41, 5.74) is 3.39. The highest BCUT2D eigenvalue weighted by Gasteiger charge is 2.62. The Morgan fingerprint density at radius 2 is 1.97 bits per heavy atom. The number of hydrogen-bond acceptors (Lipinski definition) is 3. The van der Waals surface area contributed by atoms with E-state index in [4.69, 9.17) is 4.74 Å². The largest absolute Gasteiger partial charge is 0.497 e. The monoisotopic (exact) mass is 432 g/mol. The molecule has 0 unspecified atom stereocenters. The van der Waals surface area contributed by atoms with Crippen LogP contribution in [-0.4, -0.2) is 24.1 Å². The van der Waals surface area contributed by atoms with Crippen LogP contribution in [0.25, 0.3) is 0 Å². The first-order chi connectivity index (χ1) is 15.5. The van der Waals surface area contributed by atoms with Crippen LogP contribution in [0.15, 0.2) is 47.3 Å². The van der Waals surface area contributed by atoms with E-state index in [1.165, 1.54) is 12.8 Å². The number of carbonyl (C=O) groups excluding carboxylic acids is 1. The summed E-state index contributed by atoms with van der Waals surface area (Å²) in [5, 5.41) is 3.13. The number of pyridine rings is 1. The van der Waals surface area contributed by atoms with E-state index in [2.05, 4.69) is 22.0 Å². The lowest BCUT2D eigenvalue weighted by atomic mass is 9.89. The number of rotatable bonds is 7. The zero-order valence-electron chi connectivity index (χ0n) is 19.2. The number of ether oxygens (including phenoxy) is 1. The molecule has 168 valence electrons. The van der Waals surface area contributed by atoms with E-state index >= 15 is 0 Å². The number of carbonyl (C=O) groups is 1. The molecule has 0 aliphatic heterocycles. The van der Waals surface area contributed by atoms with Crippen molar-refractivity contribution in [3.8, 4) is 5.75 Å². The van der Waals surface area contributed by atoms with Crippen molar-refractivity contribution in [1.82, 2.24) is 9.88 Å². The van der Waals surface area contributed by atoms with E-state index in [1.54, 1.807) is 13.2 Å². The van der Waals surface area contributed by atoms with Crippen LogP contribution in [0, 0.1) is 30.1 Å². The predicted molar refractivity (Wildman–Crippen MR) is 125 cm³/mol.